The van der Waals surface area contributed by atoms with E-state index in [1.54, 1.807) is 0 Å². The average molecular weight is 479 g/mol. The maximum Gasteiger partial charge on any atom is 0.194 e. The summed E-state index contributed by atoms with van der Waals surface area (Å²) in [6.07, 6.45) is 7.08. The fourth-order valence-electron chi connectivity index (χ4n) is 5.38. The van der Waals surface area contributed by atoms with Crippen LogP contribution in [-0.4, -0.2) is 74.7 Å². The standard InChI is InChI=1S/C29H38N2O4/c1-2-3-17-34-26-21-22(33-18-15-30-11-4-5-12-30)20-24-28(26)27-23(29(24)32)9-8-10-25(27)35-19-16-31-13-6-7-14-31/h8-10,20-21H,2-7,11-19H2,1H3. The smallest absolute Gasteiger partial charge is 0.194 e. The molecule has 0 N–H and O–H groups in total. The van der Waals surface area contributed by atoms with Crippen molar-refractivity contribution in [3.8, 4) is 28.4 Å². The Kier molecular flexibility index (Phi) is 7.89. The SMILES string of the molecule is CCCCOc1cc(OCCN2CCCC2)cc2c1-c1c(OCCN3CCCC3)cccc1C2=O. The molecule has 0 saturated carbocycles. The Balaban J connectivity index is 1.39. The fourth-order valence-corrected chi connectivity index (χ4v) is 5.38. The van der Waals surface area contributed by atoms with Crippen LogP contribution in [-0.2, 0) is 0 Å². The van der Waals surface area contributed by atoms with Crippen molar-refractivity contribution in [2.24, 2.45) is 0 Å². The Labute approximate surface area is 209 Å². The maximum absolute atomic E-state index is 13.5. The molecule has 35 heavy (non-hydrogen) atoms. The molecule has 2 heterocycles. The van der Waals surface area contributed by atoms with Crippen molar-refractivity contribution < 1.29 is 19.0 Å². The van der Waals surface area contributed by atoms with Crippen molar-refractivity contribution >= 4 is 5.78 Å². The van der Waals surface area contributed by atoms with Gasteiger partial charge in [0.25, 0.3) is 0 Å². The second kappa shape index (κ2) is 11.4. The van der Waals surface area contributed by atoms with E-state index < -0.39 is 0 Å². The van der Waals surface area contributed by atoms with Crippen molar-refractivity contribution in [3.05, 3.63) is 41.5 Å². The van der Waals surface area contributed by atoms with E-state index in [0.29, 0.717) is 36.7 Å². The number of carbonyl (C=O) groups is 1. The Hall–Kier alpha value is -2.57. The number of hydrogen-bond donors (Lipinski definition) is 0. The predicted octanol–water partition coefficient (Wildman–Crippen LogP) is 5.03. The molecule has 0 atom stereocenters. The summed E-state index contributed by atoms with van der Waals surface area (Å²) < 4.78 is 18.6. The van der Waals surface area contributed by atoms with E-state index >= 15 is 0 Å². The normalized spacial score (nSPS) is 17.6. The highest BCUT2D eigenvalue weighted by Crippen LogP contribution is 2.49. The first-order valence-electron chi connectivity index (χ1n) is 13.4. The van der Waals surface area contributed by atoms with Crippen molar-refractivity contribution in [1.29, 1.82) is 0 Å². The zero-order valence-corrected chi connectivity index (χ0v) is 21.0. The third-order valence-electron chi connectivity index (χ3n) is 7.34. The van der Waals surface area contributed by atoms with Gasteiger partial charge in [-0.1, -0.05) is 25.5 Å². The molecule has 6 heteroatoms. The number of benzene rings is 2. The zero-order valence-electron chi connectivity index (χ0n) is 21.0. The van der Waals surface area contributed by atoms with Gasteiger partial charge in [-0.25, -0.2) is 0 Å². The van der Waals surface area contributed by atoms with Crippen LogP contribution < -0.4 is 14.2 Å². The van der Waals surface area contributed by atoms with Crippen LogP contribution >= 0.6 is 0 Å². The zero-order chi connectivity index (χ0) is 24.0. The van der Waals surface area contributed by atoms with Crippen molar-refractivity contribution in [2.75, 3.05) is 59.1 Å². The Morgan fingerprint density at radius 1 is 0.743 bits per heavy atom. The van der Waals surface area contributed by atoms with E-state index in [9.17, 15) is 4.79 Å². The van der Waals surface area contributed by atoms with Gasteiger partial charge in [-0.15, -0.1) is 0 Å². The number of ether oxygens (including phenoxy) is 3. The van der Waals surface area contributed by atoms with Crippen LogP contribution in [0.4, 0.5) is 0 Å². The average Bonchev–Trinajstić information content (AvgIpc) is 3.63. The molecule has 0 amide bonds. The summed E-state index contributed by atoms with van der Waals surface area (Å²) in [6.45, 7) is 10.4. The van der Waals surface area contributed by atoms with Crippen molar-refractivity contribution in [1.82, 2.24) is 9.80 Å². The van der Waals surface area contributed by atoms with Gasteiger partial charge in [-0.05, 0) is 70.4 Å². The Morgan fingerprint density at radius 2 is 1.37 bits per heavy atom. The molecule has 5 rings (SSSR count). The van der Waals surface area contributed by atoms with Gasteiger partial charge >= 0.3 is 0 Å². The molecule has 2 aromatic carbocycles. The lowest BCUT2D eigenvalue weighted by Gasteiger charge is -2.18. The molecule has 2 aliphatic heterocycles. The van der Waals surface area contributed by atoms with Crippen LogP contribution in [0.15, 0.2) is 30.3 Å². The molecule has 2 aromatic rings. The largest absolute Gasteiger partial charge is 0.493 e. The lowest BCUT2D eigenvalue weighted by atomic mass is 10.0. The second-order valence-corrected chi connectivity index (χ2v) is 9.85. The molecule has 0 bridgehead atoms. The molecular weight excluding hydrogens is 440 g/mol. The molecule has 2 saturated heterocycles. The fraction of sp³-hybridized carbons (Fsp3) is 0.552. The van der Waals surface area contributed by atoms with Gasteiger partial charge in [-0.3, -0.25) is 14.6 Å². The third-order valence-corrected chi connectivity index (χ3v) is 7.34. The number of ketones is 1. The molecule has 188 valence electrons. The highest BCUT2D eigenvalue weighted by molar-refractivity contribution is 6.23. The van der Waals surface area contributed by atoms with Crippen LogP contribution in [0.1, 0.15) is 61.4 Å². The molecule has 0 aromatic heterocycles. The summed E-state index contributed by atoms with van der Waals surface area (Å²) in [5.41, 5.74) is 3.06. The summed E-state index contributed by atoms with van der Waals surface area (Å²) in [4.78, 5) is 18.3. The van der Waals surface area contributed by atoms with E-state index in [2.05, 4.69) is 16.7 Å². The third kappa shape index (κ3) is 5.49. The predicted molar refractivity (Wildman–Crippen MR) is 138 cm³/mol. The Morgan fingerprint density at radius 3 is 2.06 bits per heavy atom. The highest BCUT2D eigenvalue weighted by atomic mass is 16.5. The van der Waals surface area contributed by atoms with E-state index in [-0.39, 0.29) is 5.78 Å². The molecule has 0 spiro atoms. The topological polar surface area (TPSA) is 51.2 Å². The van der Waals surface area contributed by atoms with Crippen LogP contribution in [0, 0.1) is 0 Å². The van der Waals surface area contributed by atoms with E-state index in [4.69, 9.17) is 14.2 Å². The van der Waals surface area contributed by atoms with Crippen LogP contribution in [0.3, 0.4) is 0 Å². The molecule has 3 aliphatic rings. The van der Waals surface area contributed by atoms with Crippen LogP contribution in [0.5, 0.6) is 17.2 Å². The number of hydrogen-bond acceptors (Lipinski definition) is 6. The summed E-state index contributed by atoms with van der Waals surface area (Å²) in [6, 6.07) is 9.64. The Bertz CT molecular complexity index is 1030. The first kappa shape index (κ1) is 24.1. The van der Waals surface area contributed by atoms with Crippen molar-refractivity contribution in [3.63, 3.8) is 0 Å². The maximum atomic E-state index is 13.5. The molecular formula is C29H38N2O4. The first-order valence-corrected chi connectivity index (χ1v) is 13.4. The van der Waals surface area contributed by atoms with Crippen LogP contribution in [0.25, 0.3) is 11.1 Å². The summed E-state index contributed by atoms with van der Waals surface area (Å²) in [5, 5.41) is 0. The van der Waals surface area contributed by atoms with Crippen molar-refractivity contribution in [2.45, 2.75) is 45.4 Å². The lowest BCUT2D eigenvalue weighted by Crippen LogP contribution is -2.25. The van der Waals surface area contributed by atoms with Gasteiger partial charge < -0.3 is 14.2 Å². The number of carbonyl (C=O) groups excluding carboxylic acids is 1. The number of unbranched alkanes of at least 4 members (excludes halogenated alkanes) is 1. The second-order valence-electron chi connectivity index (χ2n) is 9.85. The summed E-state index contributed by atoms with van der Waals surface area (Å²) in [5.74, 6) is 2.20. The minimum absolute atomic E-state index is 0.0188. The van der Waals surface area contributed by atoms with E-state index in [0.717, 1.165) is 74.7 Å². The highest BCUT2D eigenvalue weighted by Gasteiger charge is 2.33. The first-order chi connectivity index (χ1) is 17.2. The van der Waals surface area contributed by atoms with Gasteiger partial charge in [0.2, 0.25) is 0 Å². The number of fused-ring (bicyclic) bond motifs is 3. The van der Waals surface area contributed by atoms with Gasteiger partial charge in [0.05, 0.1) is 6.61 Å². The van der Waals surface area contributed by atoms with E-state index in [1.165, 1.54) is 25.7 Å². The van der Waals surface area contributed by atoms with Gasteiger partial charge in [0, 0.05) is 41.4 Å². The van der Waals surface area contributed by atoms with Gasteiger partial charge in [-0.2, -0.15) is 0 Å². The summed E-state index contributed by atoms with van der Waals surface area (Å²) in [7, 11) is 0. The number of rotatable bonds is 12. The summed E-state index contributed by atoms with van der Waals surface area (Å²) >= 11 is 0. The molecule has 1 aliphatic carbocycles. The minimum Gasteiger partial charge on any atom is -0.493 e. The molecule has 6 nitrogen and oxygen atoms in total. The van der Waals surface area contributed by atoms with Gasteiger partial charge in [0.15, 0.2) is 5.78 Å². The molecule has 0 unspecified atom stereocenters. The monoisotopic (exact) mass is 478 g/mol. The van der Waals surface area contributed by atoms with Crippen LogP contribution in [0.2, 0.25) is 0 Å². The minimum atomic E-state index is 0.0188. The van der Waals surface area contributed by atoms with E-state index in [1.807, 2.05) is 30.3 Å². The molecule has 2 fully saturated rings. The number of likely N-dealkylation sites (tertiary alicyclic amines) is 2. The lowest BCUT2D eigenvalue weighted by molar-refractivity contribution is 0.104. The van der Waals surface area contributed by atoms with Gasteiger partial charge in [0.1, 0.15) is 30.5 Å². The molecule has 0 radical (unpaired) electrons. The number of nitrogens with zero attached hydrogens (tertiary/aromatic N) is 2. The quantitative estimate of drug-likeness (QED) is 0.341.